The van der Waals surface area contributed by atoms with Gasteiger partial charge in [-0.25, -0.2) is 0 Å². The molecule has 5 heterocycles. The van der Waals surface area contributed by atoms with E-state index in [2.05, 4.69) is 133 Å². The molecule has 4 nitrogen and oxygen atoms in total. The summed E-state index contributed by atoms with van der Waals surface area (Å²) in [5.74, 6) is 0.329. The summed E-state index contributed by atoms with van der Waals surface area (Å²) in [5.41, 5.74) is 13.8. The largest absolute Gasteiger partial charge is 0.507 e. The zero-order valence-corrected chi connectivity index (χ0v) is 29.5. The van der Waals surface area contributed by atoms with E-state index in [9.17, 15) is 5.11 Å². The van der Waals surface area contributed by atoms with Crippen molar-refractivity contribution in [2.75, 3.05) is 0 Å². The van der Waals surface area contributed by atoms with Gasteiger partial charge >= 0.3 is 0 Å². The number of hydrogen-bond acceptors (Lipinski definition) is 1. The lowest BCUT2D eigenvalue weighted by molar-refractivity contribution is -0.766. The lowest BCUT2D eigenvalue weighted by atomic mass is 9.59. The Balaban J connectivity index is 1.59. The van der Waals surface area contributed by atoms with Gasteiger partial charge in [-0.15, -0.1) is 0 Å². The van der Waals surface area contributed by atoms with Crippen LogP contribution in [0.5, 0.6) is 0 Å². The molecule has 0 amide bonds. The molecule has 7 rings (SSSR count). The van der Waals surface area contributed by atoms with E-state index in [1.165, 1.54) is 39.2 Å². The molecule has 2 aliphatic heterocycles. The first-order valence-electron chi connectivity index (χ1n) is 17.1. The number of benzene rings is 2. The molecule has 0 saturated heterocycles. The van der Waals surface area contributed by atoms with E-state index in [0.29, 0.717) is 5.76 Å². The van der Waals surface area contributed by atoms with Gasteiger partial charge in [0.15, 0.2) is 23.6 Å². The monoisotopic (exact) mass is 633 g/mol. The van der Waals surface area contributed by atoms with Crippen LogP contribution in [0.4, 0.5) is 0 Å². The number of aliphatic hydroxyl groups is 1. The lowest BCUT2D eigenvalue weighted by Crippen LogP contribution is -2.68. The van der Waals surface area contributed by atoms with Gasteiger partial charge in [0.1, 0.15) is 5.76 Å². The maximum absolute atomic E-state index is 11.6. The Kier molecular flexibility index (Phi) is 7.47. The van der Waals surface area contributed by atoms with Crippen LogP contribution in [-0.4, -0.2) is 9.67 Å². The van der Waals surface area contributed by atoms with E-state index in [-0.39, 0.29) is 11.0 Å². The molecule has 0 aliphatic carbocycles. The minimum absolute atomic E-state index is 0.296. The number of aryl methyl sites for hydroxylation is 2. The minimum atomic E-state index is -0.349. The highest BCUT2D eigenvalue weighted by Gasteiger charge is 2.59. The van der Waals surface area contributed by atoms with Gasteiger partial charge in [-0.3, -0.25) is 0 Å². The topological polar surface area (TPSA) is 32.9 Å². The van der Waals surface area contributed by atoms with Crippen molar-refractivity contribution in [3.63, 3.8) is 0 Å². The second kappa shape index (κ2) is 11.3. The van der Waals surface area contributed by atoms with E-state index in [1.807, 2.05) is 26.8 Å². The summed E-state index contributed by atoms with van der Waals surface area (Å²) in [6.07, 6.45) is 11.2. The molecule has 0 radical (unpaired) electrons. The van der Waals surface area contributed by atoms with Gasteiger partial charge in [-0.2, -0.15) is 9.13 Å². The van der Waals surface area contributed by atoms with Gasteiger partial charge in [0.05, 0.1) is 22.9 Å². The summed E-state index contributed by atoms with van der Waals surface area (Å²) in [4.78, 5) is 0. The third-order valence-corrected chi connectivity index (χ3v) is 11.3. The minimum Gasteiger partial charge on any atom is -0.507 e. The van der Waals surface area contributed by atoms with Gasteiger partial charge in [-0.1, -0.05) is 30.9 Å². The average Bonchev–Trinajstić information content (AvgIpc) is 3.35. The van der Waals surface area contributed by atoms with Crippen molar-refractivity contribution < 1.29 is 14.2 Å². The molecule has 3 aromatic heterocycles. The van der Waals surface area contributed by atoms with Crippen LogP contribution in [0.2, 0.25) is 0 Å². The predicted octanol–water partition coefficient (Wildman–Crippen LogP) is 10.0. The fourth-order valence-corrected chi connectivity index (χ4v) is 8.59. The lowest BCUT2D eigenvalue weighted by Gasteiger charge is -2.47. The highest BCUT2D eigenvalue weighted by molar-refractivity contribution is 5.99. The van der Waals surface area contributed by atoms with Crippen LogP contribution in [0, 0.1) is 13.8 Å². The summed E-state index contributed by atoms with van der Waals surface area (Å²) < 4.78 is 7.05. The van der Waals surface area contributed by atoms with Gasteiger partial charge in [0, 0.05) is 59.1 Å². The molecule has 2 unspecified atom stereocenters. The van der Waals surface area contributed by atoms with Crippen molar-refractivity contribution in [2.24, 2.45) is 0 Å². The smallest absolute Gasteiger partial charge is 0.218 e. The SMILES string of the molecule is C=C(/C=C\C)n1c(C)c(C(O)=C(C)C)c2cc3c(cc21)C1(C)CCc2ccccc2-c2cccc[n+]2C(=C)CC1(C)[n+]1ccc(C)cc1-3. The summed E-state index contributed by atoms with van der Waals surface area (Å²) in [7, 11) is 0. The maximum atomic E-state index is 11.6. The van der Waals surface area contributed by atoms with Crippen molar-refractivity contribution in [2.45, 2.75) is 78.7 Å². The Morgan fingerprint density at radius 1 is 0.938 bits per heavy atom. The summed E-state index contributed by atoms with van der Waals surface area (Å²) in [5, 5.41) is 12.6. The molecule has 0 saturated carbocycles. The molecule has 2 aromatic carbocycles. The fourth-order valence-electron chi connectivity index (χ4n) is 8.59. The fraction of sp³-hybridized carbons (Fsp3) is 0.273. The zero-order chi connectivity index (χ0) is 34.1. The quantitative estimate of drug-likeness (QED) is 0.120. The second-order valence-electron chi connectivity index (χ2n) is 14.5. The number of rotatable bonds is 3. The molecular weight excluding hydrogens is 587 g/mol. The van der Waals surface area contributed by atoms with Crippen LogP contribution in [0.3, 0.4) is 0 Å². The van der Waals surface area contributed by atoms with Crippen molar-refractivity contribution in [3.8, 4) is 22.5 Å². The van der Waals surface area contributed by atoms with Crippen molar-refractivity contribution in [1.82, 2.24) is 4.57 Å². The Hall–Kier alpha value is -4.96. The van der Waals surface area contributed by atoms with Gasteiger partial charge in [0.2, 0.25) is 11.4 Å². The van der Waals surface area contributed by atoms with Gasteiger partial charge in [0.25, 0.3) is 0 Å². The van der Waals surface area contributed by atoms with E-state index < -0.39 is 0 Å². The second-order valence-corrected chi connectivity index (χ2v) is 14.5. The molecule has 0 fully saturated rings. The highest BCUT2D eigenvalue weighted by Crippen LogP contribution is 2.53. The molecule has 4 heteroatoms. The number of hydrogen-bond donors (Lipinski definition) is 1. The molecule has 5 aromatic rings. The first-order chi connectivity index (χ1) is 22.9. The number of pyridine rings is 2. The molecule has 0 bridgehead atoms. The van der Waals surface area contributed by atoms with E-state index >= 15 is 0 Å². The molecule has 48 heavy (non-hydrogen) atoms. The molecule has 2 aliphatic rings. The standard InChI is InChI=1S/C44H46N3O/c1-10-15-30(5)47-32(7)41(42(48)28(2)3)36-25-35-37(26-40(36)47)43(8)21-19-33-16-11-12-17-34(33)38-18-13-14-22-45(38)31(6)27-44(43,9)46-23-20-29(4)24-39(35)46/h10-18,20,22-26H,5-6,19,21,27H2,1-4,7-9H3/q+1/p+1/b15-10-. The van der Waals surface area contributed by atoms with Crippen molar-refractivity contribution in [3.05, 3.63) is 138 Å². The highest BCUT2D eigenvalue weighted by atomic mass is 16.3. The Morgan fingerprint density at radius 2 is 1.69 bits per heavy atom. The van der Waals surface area contributed by atoms with Crippen LogP contribution >= 0.6 is 0 Å². The van der Waals surface area contributed by atoms with Gasteiger partial charge < -0.3 is 9.67 Å². The van der Waals surface area contributed by atoms with Crippen molar-refractivity contribution in [1.29, 1.82) is 0 Å². The van der Waals surface area contributed by atoms with Crippen LogP contribution in [0.15, 0.2) is 110 Å². The average molecular weight is 634 g/mol. The number of nitrogens with zero attached hydrogens (tertiary/aromatic N) is 3. The van der Waals surface area contributed by atoms with E-state index in [1.54, 1.807) is 0 Å². The van der Waals surface area contributed by atoms with E-state index in [4.69, 9.17) is 6.58 Å². The van der Waals surface area contributed by atoms with Crippen LogP contribution in [0.1, 0.15) is 75.4 Å². The summed E-state index contributed by atoms with van der Waals surface area (Å²) in [6.45, 7) is 24.4. The zero-order valence-electron chi connectivity index (χ0n) is 29.5. The number of aromatic nitrogens is 3. The molecule has 0 spiro atoms. The van der Waals surface area contributed by atoms with Crippen LogP contribution in [0.25, 0.3) is 50.6 Å². The molecule has 2 atom stereocenters. The normalized spacial score (nSPS) is 20.0. The van der Waals surface area contributed by atoms with E-state index in [0.717, 1.165) is 58.4 Å². The predicted molar refractivity (Wildman–Crippen MR) is 199 cm³/mol. The third kappa shape index (κ3) is 4.49. The molecule has 242 valence electrons. The number of aliphatic hydroxyl groups excluding tert-OH is 1. The number of fused-ring (bicyclic) bond motifs is 10. The Bertz CT molecular complexity index is 2240. The van der Waals surface area contributed by atoms with Gasteiger partial charge in [-0.05, 0) is 114 Å². The Labute approximate surface area is 285 Å². The first kappa shape index (κ1) is 31.6. The first-order valence-corrected chi connectivity index (χ1v) is 17.1. The maximum Gasteiger partial charge on any atom is 0.218 e. The summed E-state index contributed by atoms with van der Waals surface area (Å²) in [6, 6.07) is 24.6. The van der Waals surface area contributed by atoms with Crippen LogP contribution in [-0.2, 0) is 17.4 Å². The third-order valence-electron chi connectivity index (χ3n) is 11.3. The summed E-state index contributed by atoms with van der Waals surface area (Å²) >= 11 is 0. The van der Waals surface area contributed by atoms with Crippen molar-refractivity contribution >= 4 is 28.1 Å². The van der Waals surface area contributed by atoms with Crippen LogP contribution < -0.4 is 9.13 Å². The Morgan fingerprint density at radius 3 is 2.44 bits per heavy atom. The number of allylic oxidation sites excluding steroid dienone is 5. The molecular formula is C44H47N3O+2. The molecule has 1 N–H and O–H groups in total.